The Hall–Kier alpha value is -1.75. The molecule has 0 amide bonds. The van der Waals surface area contributed by atoms with Crippen LogP contribution in [0.15, 0.2) is 30.6 Å². The quantitative estimate of drug-likeness (QED) is 0.794. The highest BCUT2D eigenvalue weighted by Gasteiger charge is 2.09. The van der Waals surface area contributed by atoms with E-state index in [0.29, 0.717) is 5.56 Å². The second-order valence-electron chi connectivity index (χ2n) is 4.59. The average Bonchev–Trinajstić information content (AvgIpc) is 2.84. The van der Waals surface area contributed by atoms with Crippen LogP contribution in [-0.2, 0) is 23.3 Å². The first kappa shape index (κ1) is 14.7. The first-order valence-electron chi connectivity index (χ1n) is 6.33. The minimum atomic E-state index is -0.283. The van der Waals surface area contributed by atoms with E-state index in [1.165, 1.54) is 12.7 Å². The van der Waals surface area contributed by atoms with E-state index >= 15 is 0 Å². The second kappa shape index (κ2) is 6.61. The molecule has 0 radical (unpaired) electrons. The van der Waals surface area contributed by atoms with Crippen molar-refractivity contribution >= 4 is 17.7 Å². The van der Waals surface area contributed by atoms with Gasteiger partial charge in [-0.2, -0.15) is 0 Å². The number of esters is 1. The zero-order valence-corrected chi connectivity index (χ0v) is 12.7. The summed E-state index contributed by atoms with van der Waals surface area (Å²) in [6.07, 6.45) is 3.76. The zero-order chi connectivity index (χ0) is 14.5. The number of thioether (sulfide) groups is 1. The number of aryl methyl sites for hydroxylation is 2. The van der Waals surface area contributed by atoms with Crippen molar-refractivity contribution in [3.05, 3.63) is 53.1 Å². The molecule has 0 saturated heterocycles. The number of imidazole rings is 1. The molecule has 1 aromatic heterocycles. The van der Waals surface area contributed by atoms with Crippen molar-refractivity contribution in [2.45, 2.75) is 18.4 Å². The van der Waals surface area contributed by atoms with Crippen molar-refractivity contribution in [1.82, 2.24) is 9.55 Å². The fourth-order valence-corrected chi connectivity index (χ4v) is 2.93. The Morgan fingerprint density at radius 3 is 2.80 bits per heavy atom. The molecule has 0 unspecified atom stereocenters. The van der Waals surface area contributed by atoms with Gasteiger partial charge < -0.3 is 9.30 Å². The van der Waals surface area contributed by atoms with Crippen LogP contribution in [0.1, 0.15) is 27.3 Å². The van der Waals surface area contributed by atoms with Crippen molar-refractivity contribution in [3.8, 4) is 0 Å². The minimum Gasteiger partial charge on any atom is -0.465 e. The van der Waals surface area contributed by atoms with Crippen LogP contribution in [0, 0.1) is 6.92 Å². The molecule has 1 heterocycles. The number of ether oxygens (including phenoxy) is 1. The van der Waals surface area contributed by atoms with Gasteiger partial charge in [0.1, 0.15) is 5.82 Å². The molecular formula is C15H18N2O2S. The Bertz CT molecular complexity index is 608. The van der Waals surface area contributed by atoms with Gasteiger partial charge in [-0.05, 0) is 24.1 Å². The lowest BCUT2D eigenvalue weighted by Gasteiger charge is -2.07. The van der Waals surface area contributed by atoms with Crippen LogP contribution in [0.25, 0.3) is 0 Å². The highest BCUT2D eigenvalue weighted by Crippen LogP contribution is 2.19. The summed E-state index contributed by atoms with van der Waals surface area (Å²) in [5, 5.41) is 0. The number of carbonyl (C=O) groups excluding carboxylic acids is 1. The number of aromatic nitrogens is 2. The number of nitrogens with zero attached hydrogens (tertiary/aromatic N) is 2. The molecule has 0 aliphatic carbocycles. The number of rotatable bonds is 5. The summed E-state index contributed by atoms with van der Waals surface area (Å²) in [4.78, 5) is 15.8. The molecular weight excluding hydrogens is 272 g/mol. The molecule has 0 spiro atoms. The van der Waals surface area contributed by atoms with Crippen LogP contribution in [0.3, 0.4) is 0 Å². The average molecular weight is 290 g/mol. The van der Waals surface area contributed by atoms with Gasteiger partial charge in [0.2, 0.25) is 0 Å². The number of benzene rings is 1. The molecule has 0 saturated carbocycles. The van der Waals surface area contributed by atoms with Gasteiger partial charge in [0.15, 0.2) is 0 Å². The molecule has 0 aliphatic heterocycles. The monoisotopic (exact) mass is 290 g/mol. The van der Waals surface area contributed by atoms with Gasteiger partial charge in [-0.1, -0.05) is 12.1 Å². The molecule has 0 atom stereocenters. The second-order valence-corrected chi connectivity index (χ2v) is 5.57. The Kier molecular flexibility index (Phi) is 4.84. The first-order chi connectivity index (χ1) is 9.61. The van der Waals surface area contributed by atoms with Gasteiger partial charge in [0.25, 0.3) is 0 Å². The first-order valence-corrected chi connectivity index (χ1v) is 7.49. The van der Waals surface area contributed by atoms with E-state index in [9.17, 15) is 4.79 Å². The van der Waals surface area contributed by atoms with E-state index in [0.717, 1.165) is 22.9 Å². The van der Waals surface area contributed by atoms with Crippen molar-refractivity contribution in [1.29, 1.82) is 0 Å². The SMILES string of the molecule is COC(=O)c1ccc(CSCc2nccn2C)cc1C. The maximum atomic E-state index is 11.5. The topological polar surface area (TPSA) is 44.1 Å². The maximum Gasteiger partial charge on any atom is 0.338 e. The van der Waals surface area contributed by atoms with E-state index in [1.54, 1.807) is 0 Å². The number of hydrogen-bond acceptors (Lipinski definition) is 4. The Balaban J connectivity index is 1.95. The van der Waals surface area contributed by atoms with Crippen LogP contribution in [0.5, 0.6) is 0 Å². The Morgan fingerprint density at radius 2 is 2.20 bits per heavy atom. The van der Waals surface area contributed by atoms with Gasteiger partial charge in [0.05, 0.1) is 18.4 Å². The third-order valence-corrected chi connectivity index (χ3v) is 4.12. The Labute approximate surface area is 123 Å². The third kappa shape index (κ3) is 3.42. The molecule has 20 heavy (non-hydrogen) atoms. The minimum absolute atomic E-state index is 0.283. The van der Waals surface area contributed by atoms with Crippen molar-refractivity contribution in [2.24, 2.45) is 7.05 Å². The summed E-state index contributed by atoms with van der Waals surface area (Å²) < 4.78 is 6.77. The molecule has 0 bridgehead atoms. The molecule has 4 nitrogen and oxygen atoms in total. The lowest BCUT2D eigenvalue weighted by Crippen LogP contribution is -2.04. The molecule has 2 rings (SSSR count). The van der Waals surface area contributed by atoms with E-state index in [-0.39, 0.29) is 5.97 Å². The summed E-state index contributed by atoms with van der Waals surface area (Å²) in [7, 11) is 3.40. The molecule has 0 aliphatic rings. The molecule has 5 heteroatoms. The predicted octanol–water partition coefficient (Wildman–Crippen LogP) is 2.95. The summed E-state index contributed by atoms with van der Waals surface area (Å²) in [6.45, 7) is 1.93. The standard InChI is InChI=1S/C15H18N2O2S/c1-11-8-12(4-5-13(11)15(18)19-3)9-20-10-14-16-6-7-17(14)2/h4-8H,9-10H2,1-3H3. The summed E-state index contributed by atoms with van der Waals surface area (Å²) in [6, 6.07) is 5.85. The van der Waals surface area contributed by atoms with Crippen molar-refractivity contribution < 1.29 is 9.53 Å². The summed E-state index contributed by atoms with van der Waals surface area (Å²) in [5.41, 5.74) is 2.78. The number of methoxy groups -OCH3 is 1. The highest BCUT2D eigenvalue weighted by molar-refractivity contribution is 7.97. The van der Waals surface area contributed by atoms with Gasteiger partial charge in [-0.3, -0.25) is 0 Å². The van der Waals surface area contributed by atoms with E-state index in [2.05, 4.69) is 4.98 Å². The fraction of sp³-hybridized carbons (Fsp3) is 0.333. The molecule has 106 valence electrons. The fourth-order valence-electron chi connectivity index (χ4n) is 1.95. The predicted molar refractivity (Wildman–Crippen MR) is 80.7 cm³/mol. The highest BCUT2D eigenvalue weighted by atomic mass is 32.2. The lowest BCUT2D eigenvalue weighted by molar-refractivity contribution is 0.0600. The van der Waals surface area contributed by atoms with Gasteiger partial charge in [0, 0.05) is 25.2 Å². The summed E-state index contributed by atoms with van der Waals surface area (Å²) in [5.74, 6) is 2.56. The number of carbonyl (C=O) groups is 1. The lowest BCUT2D eigenvalue weighted by atomic mass is 10.1. The van der Waals surface area contributed by atoms with E-state index < -0.39 is 0 Å². The van der Waals surface area contributed by atoms with Crippen LogP contribution in [0.4, 0.5) is 0 Å². The van der Waals surface area contributed by atoms with Crippen LogP contribution in [0.2, 0.25) is 0 Å². The Morgan fingerprint density at radius 1 is 1.40 bits per heavy atom. The smallest absolute Gasteiger partial charge is 0.338 e. The van der Waals surface area contributed by atoms with Crippen LogP contribution < -0.4 is 0 Å². The maximum absolute atomic E-state index is 11.5. The molecule has 0 fully saturated rings. The molecule has 0 N–H and O–H groups in total. The molecule has 2 aromatic rings. The molecule has 1 aromatic carbocycles. The third-order valence-electron chi connectivity index (χ3n) is 3.12. The van der Waals surface area contributed by atoms with Crippen LogP contribution in [-0.4, -0.2) is 22.6 Å². The van der Waals surface area contributed by atoms with E-state index in [4.69, 9.17) is 4.74 Å². The summed E-state index contributed by atoms with van der Waals surface area (Å²) >= 11 is 1.81. The number of hydrogen-bond donors (Lipinski definition) is 0. The van der Waals surface area contributed by atoms with Gasteiger partial charge in [-0.25, -0.2) is 9.78 Å². The van der Waals surface area contributed by atoms with E-state index in [1.807, 2.05) is 60.9 Å². The van der Waals surface area contributed by atoms with Gasteiger partial charge in [-0.15, -0.1) is 11.8 Å². The largest absolute Gasteiger partial charge is 0.465 e. The van der Waals surface area contributed by atoms with Crippen molar-refractivity contribution in [2.75, 3.05) is 7.11 Å². The van der Waals surface area contributed by atoms with Crippen LogP contribution >= 0.6 is 11.8 Å². The van der Waals surface area contributed by atoms with Gasteiger partial charge >= 0.3 is 5.97 Å². The zero-order valence-electron chi connectivity index (χ0n) is 11.9. The normalized spacial score (nSPS) is 10.6. The van der Waals surface area contributed by atoms with Crippen molar-refractivity contribution in [3.63, 3.8) is 0 Å².